The van der Waals surface area contributed by atoms with E-state index in [1.54, 1.807) is 20.8 Å². The molecule has 0 bridgehead atoms. The molecule has 2 rings (SSSR count). The molecule has 23 heavy (non-hydrogen) atoms. The molecule has 1 fully saturated rings. The Balaban J connectivity index is 0.00000127. The van der Waals surface area contributed by atoms with Gasteiger partial charge in [-0.15, -0.1) is 0 Å². The van der Waals surface area contributed by atoms with Gasteiger partial charge in [0.15, 0.2) is 17.4 Å². The topological polar surface area (TPSA) is 38.8 Å². The predicted molar refractivity (Wildman–Crippen MR) is 87.6 cm³/mol. The highest BCUT2D eigenvalue weighted by Crippen LogP contribution is 2.28. The van der Waals surface area contributed by atoms with E-state index in [-0.39, 0.29) is 13.1 Å². The molecule has 130 valence electrons. The zero-order chi connectivity index (χ0) is 17.8. The Kier molecular flexibility index (Phi) is 6.80. The average Bonchev–Trinajstić information content (AvgIpc) is 2.35. The number of carbonyl (C=O) groups excluding carboxylic acids is 1. The van der Waals surface area contributed by atoms with E-state index >= 15 is 0 Å². The van der Waals surface area contributed by atoms with Crippen LogP contribution in [0, 0.1) is 11.6 Å². The van der Waals surface area contributed by atoms with Gasteiger partial charge in [0.25, 0.3) is 0 Å². The molecule has 0 atom stereocenters. The first-order valence-electron chi connectivity index (χ1n) is 7.45. The van der Waals surface area contributed by atoms with E-state index in [0.717, 1.165) is 12.1 Å². The Morgan fingerprint density at radius 2 is 1.70 bits per heavy atom. The molecular weight excluding hydrogens is 372 g/mol. The van der Waals surface area contributed by atoms with E-state index in [2.05, 4.69) is 15.9 Å². The summed E-state index contributed by atoms with van der Waals surface area (Å²) < 4.78 is 38.0. The van der Waals surface area contributed by atoms with Gasteiger partial charge in [0, 0.05) is 4.47 Å². The Hall–Kier alpha value is -1.37. The smallest absolute Gasteiger partial charge is 0.410 e. The number of carbonyl (C=O) groups is 1. The summed E-state index contributed by atoms with van der Waals surface area (Å²) in [6, 6.07) is 2.26. The number of nitrogens with zero attached hydrogens (tertiary/aromatic N) is 1. The van der Waals surface area contributed by atoms with Crippen LogP contribution in [0.5, 0.6) is 5.75 Å². The average molecular weight is 394 g/mol. The molecule has 1 aromatic rings. The summed E-state index contributed by atoms with van der Waals surface area (Å²) in [6.07, 6.45) is -0.901. The number of ether oxygens (including phenoxy) is 2. The van der Waals surface area contributed by atoms with Gasteiger partial charge in [0.1, 0.15) is 11.7 Å². The van der Waals surface area contributed by atoms with Crippen molar-refractivity contribution in [2.45, 2.75) is 46.3 Å². The van der Waals surface area contributed by atoms with E-state index < -0.39 is 35.2 Å². The van der Waals surface area contributed by atoms with Crippen molar-refractivity contribution < 1.29 is 23.0 Å². The summed E-state index contributed by atoms with van der Waals surface area (Å²) in [4.78, 5) is 13.1. The Morgan fingerprint density at radius 1 is 1.22 bits per heavy atom. The maximum absolute atomic E-state index is 13.6. The van der Waals surface area contributed by atoms with Crippen molar-refractivity contribution in [2.75, 3.05) is 13.1 Å². The summed E-state index contributed by atoms with van der Waals surface area (Å²) in [5.41, 5.74) is -0.576. The molecule has 1 amide bonds. The third-order valence-electron chi connectivity index (χ3n) is 2.75. The van der Waals surface area contributed by atoms with E-state index in [1.807, 2.05) is 13.8 Å². The second-order valence-corrected chi connectivity index (χ2v) is 6.74. The number of halogens is 3. The van der Waals surface area contributed by atoms with Gasteiger partial charge in [-0.25, -0.2) is 13.6 Å². The van der Waals surface area contributed by atoms with Crippen molar-refractivity contribution in [3.8, 4) is 5.75 Å². The molecule has 1 heterocycles. The molecule has 0 unspecified atom stereocenters. The van der Waals surface area contributed by atoms with Crippen molar-refractivity contribution >= 4 is 22.0 Å². The van der Waals surface area contributed by atoms with Crippen molar-refractivity contribution in [3.63, 3.8) is 0 Å². The van der Waals surface area contributed by atoms with Crippen LogP contribution >= 0.6 is 15.9 Å². The monoisotopic (exact) mass is 393 g/mol. The quantitative estimate of drug-likeness (QED) is 0.727. The maximum Gasteiger partial charge on any atom is 0.410 e. The van der Waals surface area contributed by atoms with Crippen LogP contribution in [0.4, 0.5) is 13.6 Å². The number of hydrogen-bond acceptors (Lipinski definition) is 3. The van der Waals surface area contributed by atoms with Crippen LogP contribution in [0.15, 0.2) is 16.6 Å². The van der Waals surface area contributed by atoms with Crippen LogP contribution in [0.3, 0.4) is 0 Å². The minimum Gasteiger partial charge on any atom is -0.481 e. The summed E-state index contributed by atoms with van der Waals surface area (Å²) >= 11 is 3.00. The normalized spacial score (nSPS) is 14.5. The predicted octanol–water partition coefficient (Wildman–Crippen LogP) is 4.75. The highest BCUT2D eigenvalue weighted by Gasteiger charge is 2.36. The molecule has 1 saturated heterocycles. The van der Waals surface area contributed by atoms with Gasteiger partial charge in [-0.05, 0) is 32.9 Å². The van der Waals surface area contributed by atoms with Gasteiger partial charge in [0.2, 0.25) is 0 Å². The number of likely N-dealkylation sites (tertiary alicyclic amines) is 1. The lowest BCUT2D eigenvalue weighted by molar-refractivity contribution is -0.0238. The zero-order valence-electron chi connectivity index (χ0n) is 14.0. The number of amides is 1. The maximum atomic E-state index is 13.6. The van der Waals surface area contributed by atoms with Gasteiger partial charge in [0.05, 0.1) is 13.1 Å². The first-order chi connectivity index (χ1) is 10.7. The minimum atomic E-state index is -0.780. The largest absolute Gasteiger partial charge is 0.481 e. The van der Waals surface area contributed by atoms with Crippen LogP contribution in [-0.2, 0) is 4.74 Å². The lowest BCUT2D eigenvalue weighted by Crippen LogP contribution is -2.57. The van der Waals surface area contributed by atoms with Gasteiger partial charge in [-0.2, -0.15) is 0 Å². The van der Waals surface area contributed by atoms with Crippen LogP contribution in [0.2, 0.25) is 0 Å². The van der Waals surface area contributed by atoms with Gasteiger partial charge >= 0.3 is 6.09 Å². The van der Waals surface area contributed by atoms with Gasteiger partial charge in [-0.3, -0.25) is 0 Å². The number of benzene rings is 1. The Morgan fingerprint density at radius 3 is 2.13 bits per heavy atom. The van der Waals surface area contributed by atoms with Crippen molar-refractivity contribution in [3.05, 3.63) is 28.2 Å². The molecular formula is C16H22BrF2NO3. The standard InChI is InChI=1S/C14H16BrF2NO3.C2H6/c1-14(2,3)21-13(19)18-6-9(7-18)20-12-10(16)4-8(15)5-11(12)17;1-2/h4-5,9H,6-7H2,1-3H3;1-2H3. The van der Waals surface area contributed by atoms with Gasteiger partial charge in [-0.1, -0.05) is 29.8 Å². The fraction of sp³-hybridized carbons (Fsp3) is 0.562. The second kappa shape index (κ2) is 7.95. The lowest BCUT2D eigenvalue weighted by atomic mass is 10.1. The summed E-state index contributed by atoms with van der Waals surface area (Å²) in [7, 11) is 0. The third-order valence-corrected chi connectivity index (χ3v) is 3.21. The van der Waals surface area contributed by atoms with E-state index in [9.17, 15) is 13.6 Å². The van der Waals surface area contributed by atoms with Crippen molar-refractivity contribution in [1.82, 2.24) is 4.90 Å². The second-order valence-electron chi connectivity index (χ2n) is 5.82. The molecule has 0 aromatic heterocycles. The van der Waals surface area contributed by atoms with Crippen molar-refractivity contribution in [1.29, 1.82) is 0 Å². The van der Waals surface area contributed by atoms with Crippen LogP contribution in [0.1, 0.15) is 34.6 Å². The minimum absolute atomic E-state index is 0.240. The van der Waals surface area contributed by atoms with Crippen LogP contribution in [-0.4, -0.2) is 35.8 Å². The van der Waals surface area contributed by atoms with E-state index in [4.69, 9.17) is 9.47 Å². The number of hydrogen-bond donors (Lipinski definition) is 0. The summed E-state index contributed by atoms with van der Waals surface area (Å²) in [5.74, 6) is -1.98. The summed E-state index contributed by atoms with van der Waals surface area (Å²) in [5, 5.41) is 0. The molecule has 0 N–H and O–H groups in total. The SMILES string of the molecule is CC.CC(C)(C)OC(=O)N1CC(Oc2c(F)cc(Br)cc2F)C1. The molecule has 7 heteroatoms. The first-order valence-corrected chi connectivity index (χ1v) is 8.24. The fourth-order valence-corrected chi connectivity index (χ4v) is 2.20. The van der Waals surface area contributed by atoms with Gasteiger partial charge < -0.3 is 14.4 Å². The number of rotatable bonds is 2. The highest BCUT2D eigenvalue weighted by atomic mass is 79.9. The molecule has 1 aromatic carbocycles. The van der Waals surface area contributed by atoms with Crippen molar-refractivity contribution in [2.24, 2.45) is 0 Å². The molecule has 0 saturated carbocycles. The molecule has 1 aliphatic heterocycles. The van der Waals surface area contributed by atoms with Crippen LogP contribution in [0.25, 0.3) is 0 Å². The fourth-order valence-electron chi connectivity index (χ4n) is 1.80. The Bertz CT molecular complexity index is 532. The van der Waals surface area contributed by atoms with E-state index in [0.29, 0.717) is 4.47 Å². The first kappa shape index (κ1) is 19.7. The molecule has 4 nitrogen and oxygen atoms in total. The highest BCUT2D eigenvalue weighted by molar-refractivity contribution is 9.10. The Labute approximate surface area is 143 Å². The molecule has 0 spiro atoms. The molecule has 0 radical (unpaired) electrons. The zero-order valence-corrected chi connectivity index (χ0v) is 15.5. The van der Waals surface area contributed by atoms with Crippen LogP contribution < -0.4 is 4.74 Å². The molecule has 0 aliphatic carbocycles. The lowest BCUT2D eigenvalue weighted by Gasteiger charge is -2.39. The summed E-state index contributed by atoms with van der Waals surface area (Å²) in [6.45, 7) is 9.79. The third kappa shape index (κ3) is 5.64. The van der Waals surface area contributed by atoms with E-state index in [1.165, 1.54) is 4.90 Å². The molecule has 1 aliphatic rings.